The van der Waals surface area contributed by atoms with Gasteiger partial charge in [0.05, 0.1) is 28.8 Å². The van der Waals surface area contributed by atoms with Gasteiger partial charge in [0.1, 0.15) is 11.5 Å². The Morgan fingerprint density at radius 2 is 1.82 bits per heavy atom. The Balaban J connectivity index is 1.78. The second-order valence-corrected chi connectivity index (χ2v) is 8.98. The Bertz CT molecular complexity index is 1150. The summed E-state index contributed by atoms with van der Waals surface area (Å²) in [6.07, 6.45) is 3.73. The van der Waals surface area contributed by atoms with Crippen LogP contribution in [0.4, 0.5) is 11.6 Å². The van der Waals surface area contributed by atoms with Gasteiger partial charge in [0, 0.05) is 29.8 Å². The van der Waals surface area contributed by atoms with Crippen molar-refractivity contribution in [3.8, 4) is 11.4 Å². The first kappa shape index (κ1) is 24.5. The van der Waals surface area contributed by atoms with E-state index in [0.717, 1.165) is 17.2 Å². The number of aromatic nitrogens is 4. The molecule has 2 aromatic heterocycles. The molecule has 0 bridgehead atoms. The predicted molar refractivity (Wildman–Crippen MR) is 133 cm³/mol. The summed E-state index contributed by atoms with van der Waals surface area (Å²) < 4.78 is 2.07. The first-order chi connectivity index (χ1) is 15.6. The van der Waals surface area contributed by atoms with E-state index in [9.17, 15) is 4.79 Å². The zero-order valence-electron chi connectivity index (χ0n) is 19.8. The highest BCUT2D eigenvalue weighted by molar-refractivity contribution is 6.45. The van der Waals surface area contributed by atoms with Crippen LogP contribution in [0.25, 0.3) is 11.4 Å². The molecule has 2 N–H and O–H groups in total. The van der Waals surface area contributed by atoms with Crippen molar-refractivity contribution in [2.24, 2.45) is 0 Å². The number of carbonyl (C=O) groups excluding carboxylic acids is 1. The molecule has 0 unspecified atom stereocenters. The smallest absolute Gasteiger partial charge is 0.227 e. The normalized spacial score (nSPS) is 12.3. The van der Waals surface area contributed by atoms with Gasteiger partial charge in [-0.05, 0) is 66.1 Å². The van der Waals surface area contributed by atoms with Crippen LogP contribution in [0.15, 0.2) is 36.7 Å². The van der Waals surface area contributed by atoms with Gasteiger partial charge >= 0.3 is 0 Å². The number of anilines is 2. The van der Waals surface area contributed by atoms with E-state index >= 15 is 0 Å². The average molecular weight is 468 g/mol. The number of carbonyl (C=O) groups is 1. The van der Waals surface area contributed by atoms with Crippen LogP contribution in [0.5, 0.6) is 0 Å². The topological polar surface area (TPSA) is 99.8 Å². The van der Waals surface area contributed by atoms with Crippen LogP contribution in [-0.4, -0.2) is 56.1 Å². The van der Waals surface area contributed by atoms with Gasteiger partial charge in [-0.15, -0.1) is 0 Å². The lowest BCUT2D eigenvalue weighted by molar-refractivity contribution is 0.106. The number of rotatable bonds is 9. The van der Waals surface area contributed by atoms with Crippen LogP contribution < -0.4 is 5.32 Å². The number of hydrogen-bond acceptors (Lipinski definition) is 7. The largest absolute Gasteiger partial charge is 0.324 e. The van der Waals surface area contributed by atoms with Gasteiger partial charge in [-0.1, -0.05) is 11.6 Å². The van der Waals surface area contributed by atoms with Crippen molar-refractivity contribution >= 4 is 34.7 Å². The molecule has 0 aliphatic rings. The van der Waals surface area contributed by atoms with Crippen LogP contribution in [-0.2, 0) is 0 Å². The van der Waals surface area contributed by atoms with Gasteiger partial charge in [0.25, 0.3) is 0 Å². The second-order valence-electron chi connectivity index (χ2n) is 8.57. The lowest BCUT2D eigenvalue weighted by Crippen LogP contribution is -2.29. The van der Waals surface area contributed by atoms with Crippen molar-refractivity contribution in [2.45, 2.75) is 46.2 Å². The maximum Gasteiger partial charge on any atom is 0.227 e. The number of ketones is 1. The van der Waals surface area contributed by atoms with Gasteiger partial charge in [-0.2, -0.15) is 0 Å². The molecule has 0 aliphatic carbocycles. The fraction of sp³-hybridized carbons (Fsp3) is 0.375. The van der Waals surface area contributed by atoms with Gasteiger partial charge in [-0.3, -0.25) is 4.79 Å². The van der Waals surface area contributed by atoms with E-state index in [1.807, 2.05) is 32.8 Å². The highest BCUT2D eigenvalue weighted by atomic mass is 35.5. The SMILES string of the molecule is Cc1ncc(-c2nc(Nc3ccc(C(=O)C(=N)C[C@H](C)N(C)C)cc3)ncc2Cl)n1C(C)C. The molecule has 0 fully saturated rings. The molecular weight excluding hydrogens is 438 g/mol. The minimum atomic E-state index is -0.266. The third-order valence-electron chi connectivity index (χ3n) is 5.54. The lowest BCUT2D eigenvalue weighted by Gasteiger charge is -2.19. The number of benzene rings is 1. The summed E-state index contributed by atoms with van der Waals surface area (Å²) in [5.74, 6) is 1.00. The van der Waals surface area contributed by atoms with E-state index in [0.29, 0.717) is 28.6 Å². The number of halogens is 1. The molecule has 0 amide bonds. The van der Waals surface area contributed by atoms with Crippen LogP contribution in [0.3, 0.4) is 0 Å². The van der Waals surface area contributed by atoms with Crippen molar-refractivity contribution in [1.82, 2.24) is 24.4 Å². The highest BCUT2D eigenvalue weighted by Gasteiger charge is 2.18. The number of Topliss-reactive ketones (excluding diaryl/α,β-unsaturated/α-hetero) is 1. The molecule has 33 heavy (non-hydrogen) atoms. The summed E-state index contributed by atoms with van der Waals surface area (Å²) in [6.45, 7) is 8.10. The van der Waals surface area contributed by atoms with Gasteiger partial charge in [0.15, 0.2) is 0 Å². The fourth-order valence-corrected chi connectivity index (χ4v) is 3.65. The molecule has 9 heteroatoms. The summed E-state index contributed by atoms with van der Waals surface area (Å²) in [5.41, 5.74) is 2.72. The zero-order valence-corrected chi connectivity index (χ0v) is 20.6. The van der Waals surface area contributed by atoms with Crippen molar-refractivity contribution in [3.05, 3.63) is 53.1 Å². The van der Waals surface area contributed by atoms with Crippen LogP contribution >= 0.6 is 11.6 Å². The van der Waals surface area contributed by atoms with Crippen molar-refractivity contribution in [2.75, 3.05) is 19.4 Å². The number of nitrogens with zero attached hydrogens (tertiary/aromatic N) is 5. The summed E-state index contributed by atoms with van der Waals surface area (Å²) >= 11 is 6.41. The Morgan fingerprint density at radius 3 is 2.42 bits per heavy atom. The van der Waals surface area contributed by atoms with Gasteiger partial charge in [-0.25, -0.2) is 15.0 Å². The predicted octanol–water partition coefficient (Wildman–Crippen LogP) is 5.17. The minimum absolute atomic E-state index is 0.0969. The van der Waals surface area contributed by atoms with Crippen LogP contribution in [0, 0.1) is 12.3 Å². The molecule has 2 heterocycles. The lowest BCUT2D eigenvalue weighted by atomic mass is 10.0. The van der Waals surface area contributed by atoms with Crippen LogP contribution in [0.2, 0.25) is 5.02 Å². The number of imidazole rings is 1. The summed E-state index contributed by atoms with van der Waals surface area (Å²) in [6, 6.07) is 7.27. The van der Waals surface area contributed by atoms with Gasteiger partial charge < -0.3 is 20.2 Å². The molecule has 0 aliphatic heterocycles. The Kier molecular flexibility index (Phi) is 7.61. The molecule has 0 saturated carbocycles. The molecular formula is C24H30ClN7O. The Labute approximate surface area is 199 Å². The summed E-state index contributed by atoms with van der Waals surface area (Å²) in [5, 5.41) is 11.7. The average Bonchev–Trinajstić information content (AvgIpc) is 3.16. The summed E-state index contributed by atoms with van der Waals surface area (Å²) in [7, 11) is 3.87. The fourth-order valence-electron chi connectivity index (χ4n) is 3.47. The third-order valence-corrected chi connectivity index (χ3v) is 5.82. The molecule has 1 atom stereocenters. The van der Waals surface area contributed by atoms with Crippen LogP contribution in [0.1, 0.15) is 49.4 Å². The Morgan fingerprint density at radius 1 is 1.15 bits per heavy atom. The minimum Gasteiger partial charge on any atom is -0.324 e. The molecule has 0 spiro atoms. The number of nitrogens with one attached hydrogen (secondary N) is 2. The van der Waals surface area contributed by atoms with Crippen molar-refractivity contribution in [1.29, 1.82) is 5.41 Å². The zero-order chi connectivity index (χ0) is 24.3. The molecule has 8 nitrogen and oxygen atoms in total. The van der Waals surface area contributed by atoms with E-state index in [1.54, 1.807) is 36.7 Å². The first-order valence-electron chi connectivity index (χ1n) is 10.8. The third kappa shape index (κ3) is 5.64. The highest BCUT2D eigenvalue weighted by Crippen LogP contribution is 2.30. The summed E-state index contributed by atoms with van der Waals surface area (Å²) in [4.78, 5) is 27.9. The van der Waals surface area contributed by atoms with E-state index < -0.39 is 0 Å². The van der Waals surface area contributed by atoms with E-state index in [2.05, 4.69) is 38.7 Å². The molecule has 174 valence electrons. The molecule has 3 aromatic rings. The molecule has 3 rings (SSSR count). The Hall–Kier alpha value is -3.10. The maximum absolute atomic E-state index is 12.6. The van der Waals surface area contributed by atoms with E-state index in [1.165, 1.54) is 0 Å². The number of aryl methyl sites for hydroxylation is 1. The van der Waals surface area contributed by atoms with Crippen molar-refractivity contribution in [3.63, 3.8) is 0 Å². The molecule has 1 aromatic carbocycles. The van der Waals surface area contributed by atoms with Crippen molar-refractivity contribution < 1.29 is 4.79 Å². The quantitative estimate of drug-likeness (QED) is 0.332. The number of hydrogen-bond donors (Lipinski definition) is 2. The second kappa shape index (κ2) is 10.2. The molecule has 0 radical (unpaired) electrons. The monoisotopic (exact) mass is 467 g/mol. The molecule has 0 saturated heterocycles. The maximum atomic E-state index is 12.6. The van der Waals surface area contributed by atoms with Gasteiger partial charge in [0.2, 0.25) is 11.7 Å². The van der Waals surface area contributed by atoms with E-state index in [4.69, 9.17) is 17.0 Å². The standard InChI is InChI=1S/C24H30ClN7O/c1-14(2)32-16(4)27-13-21(32)22-19(25)12-28-24(30-22)29-18-9-7-17(8-10-18)23(33)20(26)11-15(3)31(5)6/h7-10,12-15,26H,11H2,1-6H3,(H,28,29,30)/t15-/m0/s1. The first-order valence-corrected chi connectivity index (χ1v) is 11.2. The van der Waals surface area contributed by atoms with E-state index in [-0.39, 0.29) is 23.6 Å².